The lowest BCUT2D eigenvalue weighted by molar-refractivity contribution is -0.116. The number of pyridine rings is 1. The Kier molecular flexibility index (Phi) is 6.59. The van der Waals surface area contributed by atoms with Gasteiger partial charge in [0.1, 0.15) is 34.4 Å². The molecule has 0 spiro atoms. The zero-order chi connectivity index (χ0) is 24.9. The van der Waals surface area contributed by atoms with Gasteiger partial charge in [0, 0.05) is 24.2 Å². The summed E-state index contributed by atoms with van der Waals surface area (Å²) >= 11 is 0. The number of nitrogen functional groups attached to an aromatic ring is 1. The Hall–Kier alpha value is -4.91. The number of anilines is 2. The van der Waals surface area contributed by atoms with Crippen molar-refractivity contribution in [1.82, 2.24) is 24.7 Å². The van der Waals surface area contributed by atoms with Gasteiger partial charge in [-0.05, 0) is 44.0 Å². The molecule has 3 heterocycles. The van der Waals surface area contributed by atoms with E-state index in [4.69, 9.17) is 15.5 Å². The molecule has 35 heavy (non-hydrogen) atoms. The number of methoxy groups -OCH3 is 1. The highest BCUT2D eigenvalue weighted by atomic mass is 16.5. The average molecular weight is 470 g/mol. The van der Waals surface area contributed by atoms with Gasteiger partial charge in [-0.25, -0.2) is 15.0 Å². The number of aromatic nitrogens is 4. The zero-order valence-corrected chi connectivity index (χ0v) is 19.4. The summed E-state index contributed by atoms with van der Waals surface area (Å²) < 4.78 is 7.28. The molecular weight excluding hydrogens is 446 g/mol. The average Bonchev–Trinajstić information content (AvgIpc) is 3.25. The lowest BCUT2D eigenvalue weighted by Gasteiger charge is -2.10. The van der Waals surface area contributed by atoms with Crippen LogP contribution in [-0.2, 0) is 4.79 Å². The maximum atomic E-state index is 12.8. The quantitative estimate of drug-likeness (QED) is 0.369. The fraction of sp³-hybridized carbons (Fsp3) is 0.160. The van der Waals surface area contributed by atoms with E-state index in [0.29, 0.717) is 39.7 Å². The van der Waals surface area contributed by atoms with Crippen molar-refractivity contribution in [2.45, 2.75) is 19.9 Å². The number of imidazole rings is 1. The van der Waals surface area contributed by atoms with Crippen LogP contribution in [0.1, 0.15) is 36.1 Å². The van der Waals surface area contributed by atoms with Gasteiger partial charge in [-0.1, -0.05) is 18.1 Å². The molecule has 0 aliphatic heterocycles. The first-order valence-corrected chi connectivity index (χ1v) is 10.7. The standard InChI is InChI=1S/C25H23N7O3/c1-4-7-20(33)29-15(2)24-31-21(22-23(26)28-12-13-32(22)24)16-9-10-17(18(14-16)35-3)25(34)30-19-8-5-6-11-27-19/h5-6,8-15H,1-3H3,(H2,26,28)(H,29,33)(H,27,30,34). The van der Waals surface area contributed by atoms with Crippen LogP contribution in [0.2, 0.25) is 0 Å². The number of benzene rings is 1. The number of amides is 2. The Balaban J connectivity index is 1.75. The molecule has 10 nitrogen and oxygen atoms in total. The van der Waals surface area contributed by atoms with Crippen molar-refractivity contribution in [3.63, 3.8) is 0 Å². The van der Waals surface area contributed by atoms with Gasteiger partial charge in [0.25, 0.3) is 11.8 Å². The van der Waals surface area contributed by atoms with Gasteiger partial charge < -0.3 is 21.1 Å². The second-order valence-corrected chi connectivity index (χ2v) is 7.50. The summed E-state index contributed by atoms with van der Waals surface area (Å²) in [5.41, 5.74) is 8.29. The Morgan fingerprint density at radius 2 is 2.00 bits per heavy atom. The summed E-state index contributed by atoms with van der Waals surface area (Å²) in [6.45, 7) is 3.39. The minimum atomic E-state index is -0.461. The van der Waals surface area contributed by atoms with Crippen molar-refractivity contribution in [1.29, 1.82) is 0 Å². The molecule has 10 heteroatoms. The first-order valence-electron chi connectivity index (χ1n) is 10.7. The molecule has 0 bridgehead atoms. The molecular formula is C25H23N7O3. The predicted octanol–water partition coefficient (Wildman–Crippen LogP) is 2.83. The predicted molar refractivity (Wildman–Crippen MR) is 132 cm³/mol. The van der Waals surface area contributed by atoms with Crippen LogP contribution < -0.4 is 21.1 Å². The van der Waals surface area contributed by atoms with Gasteiger partial charge >= 0.3 is 0 Å². The fourth-order valence-electron chi connectivity index (χ4n) is 3.65. The maximum absolute atomic E-state index is 12.8. The van der Waals surface area contributed by atoms with Crippen LogP contribution in [0.15, 0.2) is 55.0 Å². The van der Waals surface area contributed by atoms with Crippen molar-refractivity contribution < 1.29 is 14.3 Å². The minimum Gasteiger partial charge on any atom is -0.496 e. The molecule has 4 N–H and O–H groups in total. The van der Waals surface area contributed by atoms with Gasteiger partial charge in [-0.2, -0.15) is 0 Å². The van der Waals surface area contributed by atoms with Gasteiger partial charge in [0.05, 0.1) is 18.7 Å². The summed E-state index contributed by atoms with van der Waals surface area (Å²) in [7, 11) is 1.48. The second kappa shape index (κ2) is 9.93. The highest BCUT2D eigenvalue weighted by Crippen LogP contribution is 2.33. The van der Waals surface area contributed by atoms with Crippen LogP contribution >= 0.6 is 0 Å². The largest absolute Gasteiger partial charge is 0.496 e. The number of rotatable bonds is 6. The summed E-state index contributed by atoms with van der Waals surface area (Å²) in [5.74, 6) is 5.85. The summed E-state index contributed by atoms with van der Waals surface area (Å²) in [6, 6.07) is 9.87. The molecule has 4 rings (SSSR count). The smallest absolute Gasteiger partial charge is 0.296 e. The summed E-state index contributed by atoms with van der Waals surface area (Å²) in [5, 5.41) is 5.55. The number of nitrogens with two attached hydrogens (primary N) is 1. The number of ether oxygens (including phenoxy) is 1. The maximum Gasteiger partial charge on any atom is 0.296 e. The van der Waals surface area contributed by atoms with E-state index in [0.717, 1.165) is 0 Å². The minimum absolute atomic E-state index is 0.268. The van der Waals surface area contributed by atoms with Crippen LogP contribution in [0.4, 0.5) is 11.6 Å². The Labute approximate surface area is 201 Å². The molecule has 1 atom stereocenters. The molecule has 0 radical (unpaired) electrons. The number of carbonyl (C=O) groups excluding carboxylic acids is 2. The molecule has 0 saturated carbocycles. The van der Waals surface area contributed by atoms with E-state index in [2.05, 4.69) is 32.4 Å². The molecule has 0 aliphatic carbocycles. The van der Waals surface area contributed by atoms with Gasteiger partial charge in [0.2, 0.25) is 0 Å². The van der Waals surface area contributed by atoms with Gasteiger partial charge in [0.15, 0.2) is 0 Å². The highest BCUT2D eigenvalue weighted by molar-refractivity contribution is 6.06. The van der Waals surface area contributed by atoms with Crippen molar-refractivity contribution in [3.05, 3.63) is 66.4 Å². The summed E-state index contributed by atoms with van der Waals surface area (Å²) in [4.78, 5) is 37.9. The molecule has 0 saturated heterocycles. The van der Waals surface area contributed by atoms with E-state index in [9.17, 15) is 9.59 Å². The number of hydrogen-bond acceptors (Lipinski definition) is 7. The third kappa shape index (κ3) is 4.74. The van der Waals surface area contributed by atoms with Crippen LogP contribution in [0.3, 0.4) is 0 Å². The van der Waals surface area contributed by atoms with Crippen LogP contribution in [-0.4, -0.2) is 38.3 Å². The topological polar surface area (TPSA) is 137 Å². The number of fused-ring (bicyclic) bond motifs is 1. The first-order chi connectivity index (χ1) is 16.9. The monoisotopic (exact) mass is 469 g/mol. The lowest BCUT2D eigenvalue weighted by atomic mass is 10.1. The van der Waals surface area contributed by atoms with E-state index in [1.165, 1.54) is 7.11 Å². The Morgan fingerprint density at radius 3 is 2.71 bits per heavy atom. The molecule has 1 aromatic carbocycles. The van der Waals surface area contributed by atoms with Crippen molar-refractivity contribution in [3.8, 4) is 28.8 Å². The highest BCUT2D eigenvalue weighted by Gasteiger charge is 2.22. The second-order valence-electron chi connectivity index (χ2n) is 7.50. The molecule has 176 valence electrons. The van der Waals surface area contributed by atoms with E-state index in [-0.39, 0.29) is 11.7 Å². The third-order valence-corrected chi connectivity index (χ3v) is 5.21. The van der Waals surface area contributed by atoms with E-state index < -0.39 is 11.9 Å². The molecule has 0 fully saturated rings. The molecule has 2 amide bonds. The lowest BCUT2D eigenvalue weighted by Crippen LogP contribution is -2.26. The Morgan fingerprint density at radius 1 is 1.17 bits per heavy atom. The third-order valence-electron chi connectivity index (χ3n) is 5.21. The van der Waals surface area contributed by atoms with Crippen LogP contribution in [0.25, 0.3) is 16.8 Å². The van der Waals surface area contributed by atoms with E-state index in [1.54, 1.807) is 73.2 Å². The normalized spacial score (nSPS) is 11.3. The Bertz CT molecular complexity index is 1470. The van der Waals surface area contributed by atoms with Crippen LogP contribution in [0.5, 0.6) is 5.75 Å². The molecule has 1 unspecified atom stereocenters. The van der Waals surface area contributed by atoms with E-state index in [1.807, 2.05) is 0 Å². The number of hydrogen-bond donors (Lipinski definition) is 3. The molecule has 4 aromatic rings. The van der Waals surface area contributed by atoms with Crippen molar-refractivity contribution >= 4 is 29.0 Å². The zero-order valence-electron chi connectivity index (χ0n) is 19.4. The number of nitrogens with zero attached hydrogens (tertiary/aromatic N) is 4. The number of carbonyl (C=O) groups is 2. The van der Waals surface area contributed by atoms with Crippen molar-refractivity contribution in [2.75, 3.05) is 18.2 Å². The summed E-state index contributed by atoms with van der Waals surface area (Å²) in [6.07, 6.45) is 4.87. The van der Waals surface area contributed by atoms with Gasteiger partial charge in [-0.3, -0.25) is 14.0 Å². The van der Waals surface area contributed by atoms with E-state index >= 15 is 0 Å². The fourth-order valence-corrected chi connectivity index (χ4v) is 3.65. The SMILES string of the molecule is CC#CC(=O)NC(C)c1nc(-c2ccc(C(=O)Nc3ccccn3)c(OC)c2)c2c(N)nccn12. The molecule has 3 aromatic heterocycles. The van der Waals surface area contributed by atoms with Gasteiger partial charge in [-0.15, -0.1) is 0 Å². The first kappa shape index (κ1) is 23.3. The van der Waals surface area contributed by atoms with Crippen molar-refractivity contribution in [2.24, 2.45) is 0 Å². The van der Waals surface area contributed by atoms with Crippen LogP contribution in [0, 0.1) is 11.8 Å². The number of nitrogens with one attached hydrogen (secondary N) is 2. The molecule has 0 aliphatic rings.